The lowest BCUT2D eigenvalue weighted by Crippen LogP contribution is -2.24. The van der Waals surface area contributed by atoms with E-state index in [-0.39, 0.29) is 23.9 Å². The Balaban J connectivity index is 1.84. The number of aromatic nitrogens is 4. The summed E-state index contributed by atoms with van der Waals surface area (Å²) in [4.78, 5) is 21.8. The second kappa shape index (κ2) is 7.23. The molecule has 1 N–H and O–H groups in total. The van der Waals surface area contributed by atoms with Crippen LogP contribution in [0.2, 0.25) is 5.02 Å². The molecule has 0 bridgehead atoms. The van der Waals surface area contributed by atoms with Gasteiger partial charge in [-0.05, 0) is 18.8 Å². The van der Waals surface area contributed by atoms with Crippen molar-refractivity contribution in [3.8, 4) is 0 Å². The van der Waals surface area contributed by atoms with E-state index in [2.05, 4.69) is 15.5 Å². The molecule has 2 rings (SSSR count). The van der Waals surface area contributed by atoms with Crippen molar-refractivity contribution in [2.45, 2.75) is 39.9 Å². The Kier molecular flexibility index (Phi) is 5.32. The summed E-state index contributed by atoms with van der Waals surface area (Å²) in [5.74, 6) is -0.586. The Hall–Kier alpha value is -2.42. The summed E-state index contributed by atoms with van der Waals surface area (Å²) in [5, 5.41) is 21.4. The van der Waals surface area contributed by atoms with Gasteiger partial charge in [0, 0.05) is 31.3 Å². The molecule has 1 amide bonds. The van der Waals surface area contributed by atoms with Gasteiger partial charge < -0.3 is 15.4 Å². The van der Waals surface area contributed by atoms with E-state index in [0.717, 1.165) is 17.8 Å². The van der Waals surface area contributed by atoms with Gasteiger partial charge in [-0.25, -0.2) is 0 Å². The molecule has 0 aliphatic rings. The van der Waals surface area contributed by atoms with Crippen LogP contribution in [0.3, 0.4) is 0 Å². The van der Waals surface area contributed by atoms with E-state index < -0.39 is 10.7 Å². The smallest absolute Gasteiger partial charge is 0.358 e. The molecule has 0 aromatic carbocycles. The number of rotatable bonds is 7. The maximum absolute atomic E-state index is 11.9. The first-order valence-corrected chi connectivity index (χ1v) is 7.45. The lowest BCUT2D eigenvalue weighted by atomic mass is 10.2. The number of nitro groups is 1. The molecule has 0 fully saturated rings. The van der Waals surface area contributed by atoms with Gasteiger partial charge in [0.2, 0.25) is 5.91 Å². The van der Waals surface area contributed by atoms with Gasteiger partial charge in [-0.15, -0.1) is 0 Å². The van der Waals surface area contributed by atoms with E-state index in [1.807, 2.05) is 24.7 Å². The number of halogens is 1. The first-order chi connectivity index (χ1) is 10.9. The molecular weight excluding hydrogens is 324 g/mol. The molecule has 2 aromatic rings. The van der Waals surface area contributed by atoms with E-state index in [1.165, 1.54) is 10.9 Å². The van der Waals surface area contributed by atoms with Crippen molar-refractivity contribution in [3.63, 3.8) is 0 Å². The van der Waals surface area contributed by atoms with Crippen molar-refractivity contribution >= 4 is 23.3 Å². The third-order valence-corrected chi connectivity index (χ3v) is 3.55. The molecule has 0 aliphatic carbocycles. The molecule has 10 heteroatoms. The SMILES string of the molecule is CCn1cc(CNC(=O)CCn2cc(Cl)c([N+](=O)[O-])n2)c(C)n1. The number of hydrogen-bond donors (Lipinski definition) is 1. The Labute approximate surface area is 137 Å². The topological polar surface area (TPSA) is 108 Å². The van der Waals surface area contributed by atoms with Crippen molar-refractivity contribution < 1.29 is 9.72 Å². The van der Waals surface area contributed by atoms with Gasteiger partial charge in [-0.2, -0.15) is 9.78 Å². The molecule has 9 nitrogen and oxygen atoms in total. The van der Waals surface area contributed by atoms with Crippen molar-refractivity contribution in [1.82, 2.24) is 24.9 Å². The summed E-state index contributed by atoms with van der Waals surface area (Å²) in [6.07, 6.45) is 3.38. The van der Waals surface area contributed by atoms with Crippen LogP contribution in [0.5, 0.6) is 0 Å². The summed E-state index contributed by atoms with van der Waals surface area (Å²) in [6, 6.07) is 0. The lowest BCUT2D eigenvalue weighted by Gasteiger charge is -2.03. The summed E-state index contributed by atoms with van der Waals surface area (Å²) in [7, 11) is 0. The minimum absolute atomic E-state index is 0.0435. The fraction of sp³-hybridized carbons (Fsp3) is 0.462. The van der Waals surface area contributed by atoms with Gasteiger partial charge >= 0.3 is 5.82 Å². The van der Waals surface area contributed by atoms with Crippen LogP contribution in [0, 0.1) is 17.0 Å². The minimum Gasteiger partial charge on any atom is -0.358 e. The Morgan fingerprint density at radius 3 is 2.70 bits per heavy atom. The quantitative estimate of drug-likeness (QED) is 0.609. The number of nitrogens with one attached hydrogen (secondary N) is 1. The average molecular weight is 341 g/mol. The molecule has 0 saturated carbocycles. The summed E-state index contributed by atoms with van der Waals surface area (Å²) < 4.78 is 3.10. The highest BCUT2D eigenvalue weighted by atomic mass is 35.5. The third kappa shape index (κ3) is 4.28. The van der Waals surface area contributed by atoms with Gasteiger partial charge in [0.25, 0.3) is 0 Å². The summed E-state index contributed by atoms with van der Waals surface area (Å²) in [6.45, 7) is 5.26. The maximum atomic E-state index is 11.9. The van der Waals surface area contributed by atoms with E-state index in [1.54, 1.807) is 0 Å². The number of nitrogens with zero attached hydrogens (tertiary/aromatic N) is 5. The zero-order chi connectivity index (χ0) is 17.0. The lowest BCUT2D eigenvalue weighted by molar-refractivity contribution is -0.389. The van der Waals surface area contributed by atoms with Crippen LogP contribution < -0.4 is 5.32 Å². The molecular formula is C13H17ClN6O3. The van der Waals surface area contributed by atoms with Crippen molar-refractivity contribution in [2.75, 3.05) is 0 Å². The number of amides is 1. The van der Waals surface area contributed by atoms with E-state index in [9.17, 15) is 14.9 Å². The van der Waals surface area contributed by atoms with Crippen molar-refractivity contribution in [3.05, 3.63) is 38.8 Å². The van der Waals surface area contributed by atoms with Gasteiger partial charge in [0.05, 0.1) is 23.5 Å². The highest BCUT2D eigenvalue weighted by Crippen LogP contribution is 2.21. The predicted octanol–water partition coefficient (Wildman–Crippen LogP) is 1.68. The van der Waals surface area contributed by atoms with E-state index in [4.69, 9.17) is 11.6 Å². The maximum Gasteiger partial charge on any atom is 0.408 e. The van der Waals surface area contributed by atoms with Crippen LogP contribution in [0.15, 0.2) is 12.4 Å². The second-order valence-corrected chi connectivity index (χ2v) is 5.35. The van der Waals surface area contributed by atoms with Gasteiger partial charge in [-0.3, -0.25) is 9.48 Å². The van der Waals surface area contributed by atoms with Gasteiger partial charge in [0.1, 0.15) is 0 Å². The first kappa shape index (κ1) is 16.9. The van der Waals surface area contributed by atoms with Gasteiger partial charge in [-0.1, -0.05) is 11.6 Å². The second-order valence-electron chi connectivity index (χ2n) is 4.94. The highest BCUT2D eigenvalue weighted by molar-refractivity contribution is 6.32. The standard InChI is InChI=1S/C13H17ClN6O3/c1-3-18-7-10(9(2)16-18)6-15-12(21)4-5-19-8-11(14)13(17-19)20(22)23/h7-8H,3-6H2,1-2H3,(H,15,21). The van der Waals surface area contributed by atoms with E-state index >= 15 is 0 Å². The normalized spacial score (nSPS) is 10.7. The fourth-order valence-electron chi connectivity index (χ4n) is 2.02. The fourth-order valence-corrected chi connectivity index (χ4v) is 2.24. The molecule has 0 aliphatic heterocycles. The van der Waals surface area contributed by atoms with E-state index in [0.29, 0.717) is 6.54 Å². The summed E-state index contributed by atoms with van der Waals surface area (Å²) in [5.41, 5.74) is 1.83. The Morgan fingerprint density at radius 1 is 1.39 bits per heavy atom. The molecule has 0 saturated heterocycles. The van der Waals surface area contributed by atoms with Gasteiger partial charge in [0.15, 0.2) is 5.02 Å². The molecule has 0 atom stereocenters. The zero-order valence-corrected chi connectivity index (χ0v) is 13.6. The predicted molar refractivity (Wildman–Crippen MR) is 83.0 cm³/mol. The van der Waals surface area contributed by atoms with Crippen LogP contribution in [-0.2, 0) is 24.4 Å². The van der Waals surface area contributed by atoms with Crippen molar-refractivity contribution in [2.24, 2.45) is 0 Å². The van der Waals surface area contributed by atoms with Crippen LogP contribution in [0.1, 0.15) is 24.6 Å². The molecule has 2 heterocycles. The first-order valence-electron chi connectivity index (χ1n) is 7.07. The average Bonchev–Trinajstić information content (AvgIpc) is 3.05. The van der Waals surface area contributed by atoms with Crippen molar-refractivity contribution in [1.29, 1.82) is 0 Å². The minimum atomic E-state index is -0.660. The number of aryl methyl sites for hydroxylation is 3. The molecule has 0 unspecified atom stereocenters. The third-order valence-electron chi connectivity index (χ3n) is 3.29. The zero-order valence-electron chi connectivity index (χ0n) is 12.8. The highest BCUT2D eigenvalue weighted by Gasteiger charge is 2.19. The largest absolute Gasteiger partial charge is 0.408 e. The number of hydrogen-bond acceptors (Lipinski definition) is 5. The Morgan fingerprint density at radius 2 is 2.13 bits per heavy atom. The molecule has 0 radical (unpaired) electrons. The molecule has 124 valence electrons. The Bertz CT molecular complexity index is 723. The van der Waals surface area contributed by atoms with Crippen LogP contribution in [-0.4, -0.2) is 30.4 Å². The monoisotopic (exact) mass is 340 g/mol. The number of carbonyl (C=O) groups is 1. The van der Waals surface area contributed by atoms with Crippen LogP contribution in [0.25, 0.3) is 0 Å². The van der Waals surface area contributed by atoms with Crippen LogP contribution in [0.4, 0.5) is 5.82 Å². The molecule has 0 spiro atoms. The summed E-state index contributed by atoms with van der Waals surface area (Å²) >= 11 is 5.70. The number of carbonyl (C=O) groups excluding carboxylic acids is 1. The molecule has 2 aromatic heterocycles. The van der Waals surface area contributed by atoms with Crippen LogP contribution >= 0.6 is 11.6 Å². The molecule has 23 heavy (non-hydrogen) atoms.